The smallest absolute Gasteiger partial charge is 0.382 e. The van der Waals surface area contributed by atoms with Crippen LogP contribution in [0, 0.1) is 0 Å². The van der Waals surface area contributed by atoms with Crippen LogP contribution < -0.4 is 27.2 Å². The maximum atomic E-state index is 12.2. The molecule has 3 atom stereocenters. The second kappa shape index (κ2) is 8.91. The SMILES string of the molecule is NONN1CC[C@H](N2CN(OP(=O)(O)OP(=O)(O)OP(=O)(O)O)c3c(N)ncnc32)O1. The number of nitrogens with one attached hydrogen (secondary N) is 1. The molecule has 2 aliphatic rings. The lowest BCUT2D eigenvalue weighted by molar-refractivity contribution is -0.261. The molecule has 0 aromatic carbocycles. The van der Waals surface area contributed by atoms with Gasteiger partial charge in [0.2, 0.25) is 0 Å². The number of hydrazine groups is 1. The minimum absolute atomic E-state index is 0.103. The molecule has 0 aliphatic carbocycles. The summed E-state index contributed by atoms with van der Waals surface area (Å²) in [6.07, 6.45) is 0.747. The predicted octanol–water partition coefficient (Wildman–Crippen LogP) is -1.83. The number of phosphoric acid groups is 3. The number of hydrogen-bond donors (Lipinski definition) is 7. The van der Waals surface area contributed by atoms with Crippen molar-refractivity contribution in [1.29, 1.82) is 0 Å². The summed E-state index contributed by atoms with van der Waals surface area (Å²) in [5.74, 6) is 4.80. The van der Waals surface area contributed by atoms with Crippen LogP contribution in [0.2, 0.25) is 0 Å². The fraction of sp³-hybridized carbons (Fsp3) is 0.500. The van der Waals surface area contributed by atoms with Crippen LogP contribution in [0.15, 0.2) is 6.33 Å². The Morgan fingerprint density at radius 2 is 1.87 bits per heavy atom. The number of hydrogen-bond acceptors (Lipinski definition) is 16. The quantitative estimate of drug-likeness (QED) is 0.142. The first-order chi connectivity index (χ1) is 14.3. The molecular weight excluding hydrogens is 493 g/mol. The van der Waals surface area contributed by atoms with Gasteiger partial charge in [-0.2, -0.15) is 24.1 Å². The van der Waals surface area contributed by atoms with E-state index in [9.17, 15) is 23.5 Å². The number of anilines is 3. The third kappa shape index (κ3) is 6.14. The molecule has 31 heavy (non-hydrogen) atoms. The normalized spacial score (nSPS) is 23.6. The average Bonchev–Trinajstić information content (AvgIpc) is 3.17. The maximum Gasteiger partial charge on any atom is 0.502 e. The summed E-state index contributed by atoms with van der Waals surface area (Å²) in [6.45, 7) is -0.0483. The summed E-state index contributed by atoms with van der Waals surface area (Å²) >= 11 is 0. The van der Waals surface area contributed by atoms with Crippen LogP contribution in [0.4, 0.5) is 17.3 Å². The summed E-state index contributed by atoms with van der Waals surface area (Å²) < 4.78 is 46.6. The number of hydroxylamine groups is 2. The van der Waals surface area contributed by atoms with E-state index in [0.29, 0.717) is 18.0 Å². The minimum atomic E-state index is -5.71. The summed E-state index contributed by atoms with van der Waals surface area (Å²) in [5.41, 5.74) is 7.91. The average molecular weight is 510 g/mol. The van der Waals surface area contributed by atoms with Crippen molar-refractivity contribution in [3.05, 3.63) is 6.33 Å². The van der Waals surface area contributed by atoms with Crippen molar-refractivity contribution in [2.45, 2.75) is 12.6 Å². The van der Waals surface area contributed by atoms with Crippen LogP contribution in [0.1, 0.15) is 6.42 Å². The number of aromatic nitrogens is 2. The summed E-state index contributed by atoms with van der Waals surface area (Å²) in [7, 11) is -16.7. The van der Waals surface area contributed by atoms with E-state index >= 15 is 0 Å². The van der Waals surface area contributed by atoms with E-state index in [1.54, 1.807) is 0 Å². The van der Waals surface area contributed by atoms with Gasteiger partial charge in [-0.1, -0.05) is 10.8 Å². The zero-order chi connectivity index (χ0) is 23.0. The first-order valence-corrected chi connectivity index (χ1v) is 12.4. The van der Waals surface area contributed by atoms with Gasteiger partial charge in [0, 0.05) is 13.0 Å². The second-order valence-corrected chi connectivity index (χ2v) is 10.1. The molecule has 0 saturated carbocycles. The number of nitrogen functional groups attached to an aromatic ring is 1. The van der Waals surface area contributed by atoms with E-state index in [2.05, 4.69) is 29.1 Å². The van der Waals surface area contributed by atoms with Gasteiger partial charge in [-0.25, -0.2) is 28.7 Å². The fourth-order valence-corrected chi connectivity index (χ4v) is 5.65. The van der Waals surface area contributed by atoms with Gasteiger partial charge in [-0.15, -0.1) is 0 Å². The highest BCUT2D eigenvalue weighted by Gasteiger charge is 2.46. The van der Waals surface area contributed by atoms with Crippen molar-refractivity contribution in [2.75, 3.05) is 28.9 Å². The molecule has 0 spiro atoms. The number of rotatable bonds is 9. The Kier molecular flexibility index (Phi) is 6.99. The van der Waals surface area contributed by atoms with Gasteiger partial charge in [0.15, 0.2) is 23.6 Å². The minimum Gasteiger partial charge on any atom is -0.382 e. The molecule has 3 rings (SSSR count). The molecule has 1 saturated heterocycles. The zero-order valence-electron chi connectivity index (χ0n) is 15.1. The number of fused-ring (bicyclic) bond motifs is 1. The van der Waals surface area contributed by atoms with E-state index in [1.807, 2.05) is 0 Å². The summed E-state index contributed by atoms with van der Waals surface area (Å²) in [4.78, 5) is 55.2. The molecule has 1 aromatic heterocycles. The van der Waals surface area contributed by atoms with Crippen molar-refractivity contribution >= 4 is 40.8 Å². The Hall–Kier alpha value is -1.31. The van der Waals surface area contributed by atoms with E-state index < -0.39 is 29.7 Å². The highest BCUT2D eigenvalue weighted by atomic mass is 31.3. The van der Waals surface area contributed by atoms with E-state index in [1.165, 1.54) is 4.90 Å². The molecule has 176 valence electrons. The van der Waals surface area contributed by atoms with Crippen molar-refractivity contribution < 1.29 is 56.3 Å². The highest BCUT2D eigenvalue weighted by Crippen LogP contribution is 2.67. The van der Waals surface area contributed by atoms with Gasteiger partial charge in [-0.3, -0.25) is 4.84 Å². The topological polar surface area (TPSA) is 278 Å². The van der Waals surface area contributed by atoms with Crippen molar-refractivity contribution in [1.82, 2.24) is 20.7 Å². The lowest BCUT2D eigenvalue weighted by Crippen LogP contribution is -2.42. The van der Waals surface area contributed by atoms with Gasteiger partial charge in [0.05, 0.1) is 0 Å². The molecule has 1 fully saturated rings. The largest absolute Gasteiger partial charge is 0.502 e. The molecule has 23 heteroatoms. The summed E-state index contributed by atoms with van der Waals surface area (Å²) in [5, 5.41) is 1.82. The predicted molar refractivity (Wildman–Crippen MR) is 95.8 cm³/mol. The van der Waals surface area contributed by atoms with Gasteiger partial charge in [0.25, 0.3) is 0 Å². The van der Waals surface area contributed by atoms with Crippen LogP contribution in [0.25, 0.3) is 0 Å². The molecule has 0 bridgehead atoms. The van der Waals surface area contributed by atoms with E-state index in [-0.39, 0.29) is 24.0 Å². The number of nitrogens with zero attached hydrogens (tertiary/aromatic N) is 5. The molecule has 20 nitrogen and oxygen atoms in total. The fourth-order valence-electron chi connectivity index (χ4n) is 2.64. The Morgan fingerprint density at radius 1 is 1.16 bits per heavy atom. The second-order valence-electron chi connectivity index (χ2n) is 5.75. The van der Waals surface area contributed by atoms with Gasteiger partial charge in [0.1, 0.15) is 13.0 Å². The van der Waals surface area contributed by atoms with Gasteiger partial charge in [-0.05, 0) is 0 Å². The van der Waals surface area contributed by atoms with Crippen LogP contribution in [0.3, 0.4) is 0 Å². The van der Waals surface area contributed by atoms with Crippen molar-refractivity contribution in [3.8, 4) is 0 Å². The Balaban J connectivity index is 1.79. The lowest BCUT2D eigenvalue weighted by Gasteiger charge is -2.26. The van der Waals surface area contributed by atoms with Crippen molar-refractivity contribution in [3.63, 3.8) is 0 Å². The monoisotopic (exact) mass is 510 g/mol. The first-order valence-electron chi connectivity index (χ1n) is 7.84. The standard InChI is InChI=1S/C8H17N8O12P3/c9-7-6-8(12-3-11-7)14(5-1-2-16(24-5)13-25-10)4-15(6)26-30(20,21)28-31(22,23)27-29(17,18)19/h3,5,13H,1-2,4,10H2,(H,20,21)(H,22,23)(H2,9,11,12)(H2,17,18,19)/t5-/m1/s1. The summed E-state index contributed by atoms with van der Waals surface area (Å²) in [6, 6.07) is 0. The van der Waals surface area contributed by atoms with Crippen molar-refractivity contribution in [2.24, 2.45) is 5.90 Å². The zero-order valence-corrected chi connectivity index (χ0v) is 17.7. The maximum absolute atomic E-state index is 12.2. The Morgan fingerprint density at radius 3 is 2.52 bits per heavy atom. The van der Waals surface area contributed by atoms with Gasteiger partial charge >= 0.3 is 23.5 Å². The molecule has 2 aliphatic heterocycles. The third-order valence-electron chi connectivity index (χ3n) is 3.58. The van der Waals surface area contributed by atoms with Crippen LogP contribution in [-0.4, -0.2) is 54.2 Å². The van der Waals surface area contributed by atoms with E-state index in [0.717, 1.165) is 11.5 Å². The third-order valence-corrected chi connectivity index (χ3v) is 7.31. The lowest BCUT2D eigenvalue weighted by atomic mass is 10.3. The molecule has 0 radical (unpaired) electrons. The van der Waals surface area contributed by atoms with E-state index in [4.69, 9.17) is 30.9 Å². The molecule has 2 unspecified atom stereocenters. The Labute approximate surface area is 172 Å². The molecule has 9 N–H and O–H groups in total. The molecule has 1 aromatic rings. The molecule has 0 amide bonds. The van der Waals surface area contributed by atoms with Crippen LogP contribution in [0.5, 0.6) is 0 Å². The van der Waals surface area contributed by atoms with Crippen LogP contribution >= 0.6 is 23.5 Å². The molecular formula is C8H17N8O12P3. The highest BCUT2D eigenvalue weighted by molar-refractivity contribution is 7.66. The molecule has 3 heterocycles. The number of nitrogens with two attached hydrogens (primary N) is 2. The van der Waals surface area contributed by atoms with Gasteiger partial charge < -0.3 is 30.2 Å². The first kappa shape index (κ1) is 24.3. The Bertz CT molecular complexity index is 962. The van der Waals surface area contributed by atoms with Crippen LogP contribution in [-0.2, 0) is 36.7 Å².